The highest BCUT2D eigenvalue weighted by Gasteiger charge is 2.15. The van der Waals surface area contributed by atoms with Crippen molar-refractivity contribution in [3.8, 4) is 5.75 Å². The average Bonchev–Trinajstić information content (AvgIpc) is 3.44. The monoisotopic (exact) mass is 476 g/mol. The van der Waals surface area contributed by atoms with Crippen LogP contribution in [0.5, 0.6) is 5.75 Å². The van der Waals surface area contributed by atoms with Crippen LogP contribution in [0.3, 0.4) is 0 Å². The molecule has 4 rings (SSSR count). The van der Waals surface area contributed by atoms with Gasteiger partial charge < -0.3 is 9.30 Å². The first-order chi connectivity index (χ1) is 16.7. The van der Waals surface area contributed by atoms with E-state index >= 15 is 0 Å². The van der Waals surface area contributed by atoms with Gasteiger partial charge in [-0.15, -0.1) is 21.9 Å². The first-order valence-electron chi connectivity index (χ1n) is 10.7. The first-order valence-corrected chi connectivity index (χ1v) is 11.6. The molecular weight excluding hydrogens is 452 g/mol. The largest absolute Gasteiger partial charge is 0.494 e. The van der Waals surface area contributed by atoms with Crippen LogP contribution >= 0.6 is 11.8 Å². The number of amides is 1. The summed E-state index contributed by atoms with van der Waals surface area (Å²) >= 11 is 1.28. The smallest absolute Gasteiger partial charge is 0.250 e. The minimum absolute atomic E-state index is 0.141. The number of fused-ring (bicyclic) bond motifs is 1. The van der Waals surface area contributed by atoms with Gasteiger partial charge in [0.25, 0.3) is 5.91 Å². The third-order valence-electron chi connectivity index (χ3n) is 4.74. The topological polar surface area (TPSA) is 112 Å². The molecule has 0 atom stereocenters. The SMILES string of the molecule is C=CCn1c(Cn2nnc3ccccc32)nnc1SCC(=O)NN=Cc1ccc(OCC)cc1. The zero-order chi connectivity index (χ0) is 23.8. The minimum Gasteiger partial charge on any atom is -0.494 e. The molecule has 2 heterocycles. The van der Waals surface area contributed by atoms with Crippen LogP contribution in [-0.2, 0) is 17.9 Å². The molecule has 0 spiro atoms. The second kappa shape index (κ2) is 11.2. The Morgan fingerprint density at radius 2 is 2.00 bits per heavy atom. The molecule has 10 nitrogen and oxygen atoms in total. The second-order valence-corrected chi connectivity index (χ2v) is 8.06. The van der Waals surface area contributed by atoms with Gasteiger partial charge in [0.1, 0.15) is 17.8 Å². The number of hydrazone groups is 1. The van der Waals surface area contributed by atoms with Crippen molar-refractivity contribution in [2.45, 2.75) is 25.2 Å². The molecule has 2 aromatic carbocycles. The van der Waals surface area contributed by atoms with E-state index in [9.17, 15) is 4.79 Å². The number of hydrogen-bond acceptors (Lipinski definition) is 8. The summed E-state index contributed by atoms with van der Waals surface area (Å²) in [4.78, 5) is 12.3. The number of hydrogen-bond donors (Lipinski definition) is 1. The molecule has 0 radical (unpaired) electrons. The molecule has 0 aliphatic carbocycles. The Morgan fingerprint density at radius 3 is 2.79 bits per heavy atom. The van der Waals surface area contributed by atoms with Crippen LogP contribution in [0.15, 0.2) is 71.4 Å². The lowest BCUT2D eigenvalue weighted by molar-refractivity contribution is -0.118. The van der Waals surface area contributed by atoms with Gasteiger partial charge in [0.2, 0.25) is 0 Å². The summed E-state index contributed by atoms with van der Waals surface area (Å²) in [5.41, 5.74) is 5.11. The minimum atomic E-state index is -0.246. The Labute approximate surface area is 200 Å². The number of nitrogens with one attached hydrogen (secondary N) is 1. The molecule has 11 heteroatoms. The first kappa shape index (κ1) is 23.2. The van der Waals surface area contributed by atoms with Gasteiger partial charge in [0.05, 0.1) is 24.1 Å². The van der Waals surface area contributed by atoms with Crippen LogP contribution in [0.1, 0.15) is 18.3 Å². The summed E-state index contributed by atoms with van der Waals surface area (Å²) in [5.74, 6) is 1.39. The molecule has 0 aliphatic rings. The van der Waals surface area contributed by atoms with Crippen molar-refractivity contribution in [1.29, 1.82) is 0 Å². The van der Waals surface area contributed by atoms with E-state index in [0.29, 0.717) is 30.7 Å². The Hall–Kier alpha value is -3.99. The standard InChI is InChI=1S/C23H24N8O2S/c1-3-13-30-21(15-31-20-8-6-5-7-19(20)25-29-31)26-28-23(30)34-16-22(32)27-24-14-17-9-11-18(12-10-17)33-4-2/h3,5-12,14H,1,4,13,15-16H2,2H3,(H,27,32). The third-order valence-corrected chi connectivity index (χ3v) is 5.71. The molecule has 4 aromatic rings. The average molecular weight is 477 g/mol. The zero-order valence-electron chi connectivity index (χ0n) is 18.7. The lowest BCUT2D eigenvalue weighted by Crippen LogP contribution is -2.20. The Bertz CT molecular complexity index is 1300. The molecule has 0 unspecified atom stereocenters. The molecule has 0 bridgehead atoms. The van der Waals surface area contributed by atoms with Crippen molar-refractivity contribution in [3.05, 3.63) is 72.6 Å². The van der Waals surface area contributed by atoms with Gasteiger partial charge in [-0.25, -0.2) is 10.1 Å². The van der Waals surface area contributed by atoms with E-state index in [-0.39, 0.29) is 11.7 Å². The van der Waals surface area contributed by atoms with Crippen molar-refractivity contribution >= 4 is 34.9 Å². The van der Waals surface area contributed by atoms with Crippen molar-refractivity contribution in [1.82, 2.24) is 35.2 Å². The maximum absolute atomic E-state index is 12.3. The summed E-state index contributed by atoms with van der Waals surface area (Å²) < 4.78 is 9.09. The molecule has 2 aromatic heterocycles. The van der Waals surface area contributed by atoms with E-state index in [0.717, 1.165) is 22.3 Å². The van der Waals surface area contributed by atoms with Crippen LogP contribution < -0.4 is 10.2 Å². The lowest BCUT2D eigenvalue weighted by atomic mass is 10.2. The van der Waals surface area contributed by atoms with E-state index in [2.05, 4.69) is 37.6 Å². The highest BCUT2D eigenvalue weighted by Crippen LogP contribution is 2.19. The number of aromatic nitrogens is 6. The Balaban J connectivity index is 1.35. The molecule has 0 aliphatic heterocycles. The number of benzene rings is 2. The van der Waals surface area contributed by atoms with Gasteiger partial charge >= 0.3 is 0 Å². The summed E-state index contributed by atoms with van der Waals surface area (Å²) in [6.45, 7) is 7.27. The van der Waals surface area contributed by atoms with Crippen molar-refractivity contribution < 1.29 is 9.53 Å². The zero-order valence-corrected chi connectivity index (χ0v) is 19.5. The number of nitrogens with zero attached hydrogens (tertiary/aromatic N) is 7. The fourth-order valence-corrected chi connectivity index (χ4v) is 3.94. The van der Waals surface area contributed by atoms with E-state index in [1.165, 1.54) is 11.8 Å². The quantitative estimate of drug-likeness (QED) is 0.153. The summed E-state index contributed by atoms with van der Waals surface area (Å²) in [7, 11) is 0. The maximum Gasteiger partial charge on any atom is 0.250 e. The number of carbonyl (C=O) groups is 1. The van der Waals surface area contributed by atoms with Crippen LogP contribution in [-0.4, -0.2) is 54.2 Å². The number of carbonyl (C=O) groups excluding carboxylic acids is 1. The normalized spacial score (nSPS) is 11.2. The maximum atomic E-state index is 12.3. The number of para-hydroxylation sites is 1. The molecule has 1 amide bonds. The predicted molar refractivity (Wildman–Crippen MR) is 131 cm³/mol. The number of rotatable bonds is 11. The van der Waals surface area contributed by atoms with Gasteiger partial charge in [0.15, 0.2) is 11.0 Å². The Kier molecular flexibility index (Phi) is 7.66. The molecule has 174 valence electrons. The number of allylic oxidation sites excluding steroid dienone is 1. The molecule has 1 N–H and O–H groups in total. The van der Waals surface area contributed by atoms with Gasteiger partial charge in [0, 0.05) is 6.54 Å². The van der Waals surface area contributed by atoms with E-state index in [4.69, 9.17) is 4.74 Å². The third kappa shape index (κ3) is 5.67. The van der Waals surface area contributed by atoms with Crippen molar-refractivity contribution in [3.63, 3.8) is 0 Å². The van der Waals surface area contributed by atoms with Gasteiger partial charge in [-0.1, -0.05) is 35.2 Å². The molecule has 0 saturated heterocycles. The molecule has 0 saturated carbocycles. The van der Waals surface area contributed by atoms with Gasteiger partial charge in [-0.3, -0.25) is 4.79 Å². The number of thioether (sulfide) groups is 1. The lowest BCUT2D eigenvalue weighted by Gasteiger charge is -2.07. The van der Waals surface area contributed by atoms with Crippen molar-refractivity contribution in [2.75, 3.05) is 12.4 Å². The Morgan fingerprint density at radius 1 is 1.18 bits per heavy atom. The summed E-state index contributed by atoms with van der Waals surface area (Å²) in [6.07, 6.45) is 3.34. The molecular formula is C23H24N8O2S. The van der Waals surface area contributed by atoms with E-state index in [1.807, 2.05) is 60.0 Å². The van der Waals surface area contributed by atoms with Crippen LogP contribution in [0.25, 0.3) is 11.0 Å². The summed E-state index contributed by atoms with van der Waals surface area (Å²) in [6, 6.07) is 15.2. The van der Waals surface area contributed by atoms with Crippen LogP contribution in [0.4, 0.5) is 0 Å². The fraction of sp³-hybridized carbons (Fsp3) is 0.217. The number of ether oxygens (including phenoxy) is 1. The van der Waals surface area contributed by atoms with E-state index in [1.54, 1.807) is 17.0 Å². The van der Waals surface area contributed by atoms with Gasteiger partial charge in [-0.2, -0.15) is 5.10 Å². The second-order valence-electron chi connectivity index (χ2n) is 7.12. The van der Waals surface area contributed by atoms with E-state index < -0.39 is 0 Å². The fourth-order valence-electron chi connectivity index (χ4n) is 3.18. The summed E-state index contributed by atoms with van der Waals surface area (Å²) in [5, 5.41) is 21.6. The molecule has 34 heavy (non-hydrogen) atoms. The van der Waals surface area contributed by atoms with Gasteiger partial charge in [-0.05, 0) is 48.9 Å². The van der Waals surface area contributed by atoms with Crippen LogP contribution in [0, 0.1) is 0 Å². The highest BCUT2D eigenvalue weighted by molar-refractivity contribution is 7.99. The highest BCUT2D eigenvalue weighted by atomic mass is 32.2. The predicted octanol–water partition coefficient (Wildman–Crippen LogP) is 2.90. The van der Waals surface area contributed by atoms with Crippen molar-refractivity contribution in [2.24, 2.45) is 5.10 Å². The molecule has 0 fully saturated rings. The van der Waals surface area contributed by atoms with Crippen LogP contribution in [0.2, 0.25) is 0 Å².